The number of halogens is 3. The van der Waals surface area contributed by atoms with E-state index in [1.54, 1.807) is 30.3 Å². The molecule has 14 nitrogen and oxygen atoms in total. The number of aromatic hydroxyl groups is 4. The fourth-order valence-electron chi connectivity index (χ4n) is 4.83. The van der Waals surface area contributed by atoms with Gasteiger partial charge in [0.1, 0.15) is 39.8 Å². The van der Waals surface area contributed by atoms with Gasteiger partial charge in [-0.05, 0) is 233 Å². The van der Waals surface area contributed by atoms with Gasteiger partial charge in [0, 0.05) is 19.6 Å². The van der Waals surface area contributed by atoms with Crippen LogP contribution in [0.4, 0.5) is 14.4 Å². The Morgan fingerprint density at radius 2 is 0.800 bits per heavy atom. The Balaban J connectivity index is 0.000000852. The van der Waals surface area contributed by atoms with Crippen molar-refractivity contribution in [2.75, 3.05) is 26.2 Å². The van der Waals surface area contributed by atoms with E-state index < -0.39 is 35.1 Å². The van der Waals surface area contributed by atoms with Crippen molar-refractivity contribution in [1.29, 1.82) is 0 Å². The predicted octanol–water partition coefficient (Wildman–Crippen LogP) is 10.7. The molecule has 362 valence electrons. The summed E-state index contributed by atoms with van der Waals surface area (Å²) >= 11 is 6.25. The van der Waals surface area contributed by atoms with Gasteiger partial charge in [-0.15, -0.1) is 0 Å². The maximum Gasteiger partial charge on any atom is 0.407 e. The number of nitrogens with one attached hydrogen (secondary N) is 3. The lowest BCUT2D eigenvalue weighted by molar-refractivity contribution is 0.0517. The predicted molar refractivity (Wildman–Crippen MR) is 284 cm³/mol. The zero-order valence-electron chi connectivity index (χ0n) is 38.1. The third-order valence-corrected chi connectivity index (χ3v) is 10.1. The molecular weight excluding hydrogens is 1170 g/mol. The van der Waals surface area contributed by atoms with Gasteiger partial charge in [-0.25, -0.2) is 14.4 Å². The van der Waals surface area contributed by atoms with Gasteiger partial charge in [0.05, 0.1) is 10.7 Å². The molecule has 3 amide bonds. The van der Waals surface area contributed by atoms with Gasteiger partial charge in [-0.1, -0.05) is 37.8 Å². The molecule has 0 saturated heterocycles. The first-order valence-electron chi connectivity index (χ1n) is 20.5. The summed E-state index contributed by atoms with van der Waals surface area (Å²) in [7, 11) is 0. The number of amides is 3. The summed E-state index contributed by atoms with van der Waals surface area (Å²) in [5, 5.41) is 45.1. The number of hydrogen-bond donors (Lipinski definition) is 8. The highest BCUT2D eigenvalue weighted by molar-refractivity contribution is 14.1. The number of phenolic OH excluding ortho intramolecular Hbond substituents is 4. The first kappa shape index (κ1) is 61.0. The number of nitrogens with two attached hydrogens (primary N) is 1. The lowest BCUT2D eigenvalue weighted by atomic mass is 10.1. The van der Waals surface area contributed by atoms with Crippen molar-refractivity contribution in [2.24, 2.45) is 5.73 Å². The van der Waals surface area contributed by atoms with E-state index in [1.807, 2.05) is 111 Å². The summed E-state index contributed by atoms with van der Waals surface area (Å²) in [5.41, 5.74) is 8.27. The van der Waals surface area contributed by atoms with Gasteiger partial charge in [0.15, 0.2) is 0 Å². The van der Waals surface area contributed by atoms with E-state index >= 15 is 0 Å². The highest BCUT2D eigenvalue weighted by Gasteiger charge is 2.17. The number of ether oxygens (including phenoxy) is 3. The summed E-state index contributed by atoms with van der Waals surface area (Å²) in [6.07, 6.45) is 1.77. The van der Waals surface area contributed by atoms with E-state index in [1.165, 1.54) is 5.56 Å². The van der Waals surface area contributed by atoms with Crippen molar-refractivity contribution in [1.82, 2.24) is 16.0 Å². The van der Waals surface area contributed by atoms with Crippen LogP contribution in [-0.2, 0) is 39.9 Å². The van der Waals surface area contributed by atoms with Crippen molar-refractivity contribution in [3.05, 3.63) is 112 Å². The van der Waals surface area contributed by atoms with Crippen LogP contribution >= 0.6 is 67.8 Å². The molecule has 0 spiro atoms. The van der Waals surface area contributed by atoms with Crippen LogP contribution in [0, 0.1) is 10.7 Å². The maximum absolute atomic E-state index is 11.5. The maximum atomic E-state index is 11.5. The van der Waals surface area contributed by atoms with Crippen LogP contribution in [0.1, 0.15) is 92.0 Å². The van der Waals surface area contributed by atoms with Crippen molar-refractivity contribution in [2.45, 2.75) is 112 Å². The molecule has 0 aliphatic heterocycles. The highest BCUT2D eigenvalue weighted by Crippen LogP contribution is 2.27. The van der Waals surface area contributed by atoms with Gasteiger partial charge in [-0.3, -0.25) is 0 Å². The van der Waals surface area contributed by atoms with Gasteiger partial charge in [0.25, 0.3) is 0 Å². The number of carbonyl (C=O) groups excluding carboxylic acids is 3. The minimum Gasteiger partial charge on any atom is -0.508 e. The topological polar surface area (TPSA) is 222 Å². The third-order valence-electron chi connectivity index (χ3n) is 7.64. The fraction of sp³-hybridized carbons (Fsp3) is 0.438. The Hall–Kier alpha value is -3.96. The normalized spacial score (nSPS) is 10.7. The van der Waals surface area contributed by atoms with Gasteiger partial charge in [-0.2, -0.15) is 0 Å². The fourth-order valence-corrected chi connectivity index (χ4v) is 7.31. The molecule has 0 aromatic heterocycles. The number of phenols is 4. The average Bonchev–Trinajstić information content (AvgIpc) is 3.16. The Kier molecular flexibility index (Phi) is 28.5. The molecule has 4 aromatic rings. The van der Waals surface area contributed by atoms with E-state index in [9.17, 15) is 24.6 Å². The minimum atomic E-state index is -0.479. The number of alkyl carbamates (subject to hydrolysis) is 3. The lowest BCUT2D eigenvalue weighted by Gasteiger charge is -2.19. The van der Waals surface area contributed by atoms with Gasteiger partial charge in [0.2, 0.25) is 0 Å². The van der Waals surface area contributed by atoms with Crippen LogP contribution in [0.3, 0.4) is 0 Å². The Morgan fingerprint density at radius 1 is 0.492 bits per heavy atom. The average molecular weight is 1240 g/mol. The van der Waals surface area contributed by atoms with Crippen LogP contribution < -0.4 is 21.7 Å². The molecule has 4 rings (SSSR count). The van der Waals surface area contributed by atoms with Crippen molar-refractivity contribution < 1.29 is 49.0 Å². The smallest absolute Gasteiger partial charge is 0.407 e. The molecule has 0 aliphatic carbocycles. The van der Waals surface area contributed by atoms with Gasteiger partial charge < -0.3 is 56.3 Å². The number of benzene rings is 4. The highest BCUT2D eigenvalue weighted by atomic mass is 127. The standard InChI is InChI=1S/C13H17I2NO3.C13H18INO3.C13H19NO3.C8H11NO.CH4/c1-13(2,3)19-12(18)16-5-4-8-6-9(14)11(17)10(15)7-8;1-13(2,3)18-12(17)15-7-6-9-4-5-11(16)10(14)8-9;1-13(2,3)17-12(16)14-9-8-10-4-6-11(15)7-5-10;9-6-5-7-1-3-8(10)4-2-7;/h6-7,17H,4-5H2,1-3H3,(H,16,18);4-5,8,16H,6-7H2,1-3H3,(H,15,17);4-7,15H,8-9H2,1-3H3,(H,14,16);1-4,10H,5-6,9H2;1H4. The largest absolute Gasteiger partial charge is 0.508 e. The molecule has 0 atom stereocenters. The second kappa shape index (κ2) is 30.4. The molecule has 0 aliphatic rings. The molecule has 0 fully saturated rings. The summed E-state index contributed by atoms with van der Waals surface area (Å²) in [6.45, 7) is 18.6. The van der Waals surface area contributed by atoms with Gasteiger partial charge >= 0.3 is 18.3 Å². The molecule has 0 heterocycles. The molecule has 0 saturated carbocycles. The van der Waals surface area contributed by atoms with Crippen LogP contribution in [0.2, 0.25) is 0 Å². The molecule has 0 unspecified atom stereocenters. The summed E-state index contributed by atoms with van der Waals surface area (Å²) in [6, 6.07) is 23.2. The quantitative estimate of drug-likeness (QED) is 0.0521. The van der Waals surface area contributed by atoms with Crippen LogP contribution in [0.25, 0.3) is 0 Å². The summed E-state index contributed by atoms with van der Waals surface area (Å²) < 4.78 is 17.8. The summed E-state index contributed by atoms with van der Waals surface area (Å²) in [4.78, 5) is 34.2. The van der Waals surface area contributed by atoms with Crippen molar-refractivity contribution in [3.63, 3.8) is 0 Å². The Morgan fingerprint density at radius 3 is 1.14 bits per heavy atom. The number of rotatable bonds is 11. The van der Waals surface area contributed by atoms with Crippen LogP contribution in [0.5, 0.6) is 23.0 Å². The monoisotopic (exact) mass is 1240 g/mol. The second-order valence-electron chi connectivity index (χ2n) is 17.1. The zero-order valence-corrected chi connectivity index (χ0v) is 44.6. The molecule has 9 N–H and O–H groups in total. The third kappa shape index (κ3) is 30.8. The first-order valence-corrected chi connectivity index (χ1v) is 23.7. The molecule has 17 heteroatoms. The van der Waals surface area contributed by atoms with Crippen LogP contribution in [0.15, 0.2) is 78.9 Å². The second-order valence-corrected chi connectivity index (χ2v) is 20.6. The molecule has 0 bridgehead atoms. The Labute approximate surface area is 426 Å². The number of carbonyl (C=O) groups is 3. The SMILES string of the molecule is C.CC(C)(C)OC(=O)NCCc1cc(I)c(O)c(I)c1.CC(C)(C)OC(=O)NCCc1ccc(O)c(I)c1.CC(C)(C)OC(=O)NCCc1ccc(O)cc1.NCCc1ccc(O)cc1. The van der Waals surface area contributed by atoms with E-state index in [-0.39, 0.29) is 18.9 Å². The molecule has 65 heavy (non-hydrogen) atoms. The minimum absolute atomic E-state index is 0. The molecular formula is C48H69I3N4O10. The van der Waals surface area contributed by atoms with Crippen molar-refractivity contribution in [3.8, 4) is 23.0 Å². The molecule has 4 aromatic carbocycles. The lowest BCUT2D eigenvalue weighted by Crippen LogP contribution is -2.33. The van der Waals surface area contributed by atoms with E-state index in [4.69, 9.17) is 30.2 Å². The van der Waals surface area contributed by atoms with Crippen molar-refractivity contribution >= 4 is 86.1 Å². The van der Waals surface area contributed by atoms with E-state index in [0.717, 1.165) is 33.8 Å². The Bertz CT molecular complexity index is 2010. The van der Waals surface area contributed by atoms with Crippen LogP contribution in [-0.4, -0.2) is 81.7 Å². The number of hydrogen-bond acceptors (Lipinski definition) is 11. The summed E-state index contributed by atoms with van der Waals surface area (Å²) in [5.74, 6) is 1.14. The zero-order chi connectivity index (χ0) is 48.7. The first-order chi connectivity index (χ1) is 29.7. The van der Waals surface area contributed by atoms with E-state index in [2.05, 4.69) is 83.7 Å². The molecule has 0 radical (unpaired) electrons. The van der Waals surface area contributed by atoms with E-state index in [0.29, 0.717) is 56.9 Å².